The molecule has 0 heterocycles. The molecular formula is C14H10F12O. The molecule has 0 saturated heterocycles. The van der Waals surface area contributed by atoms with Gasteiger partial charge in [0.05, 0.1) is 16.7 Å². The summed E-state index contributed by atoms with van der Waals surface area (Å²) in [6.07, 6.45) is -28.6. The van der Waals surface area contributed by atoms with Crippen LogP contribution in [0, 0.1) is 5.41 Å². The molecule has 0 N–H and O–H groups in total. The van der Waals surface area contributed by atoms with Gasteiger partial charge in [-0.2, -0.15) is 52.7 Å². The molecule has 1 nitrogen and oxygen atoms in total. The number of allylic oxidation sites excluding steroid dienone is 4. The standard InChI is InChI=1S/C14H10F12O/c1-3-5-7(11(15,16)17)9(13(21,22)23)10(6(27)4-2,14(24,25)26)8(5)12(18,19)20/h3-4H2,1-2H3. The van der Waals surface area contributed by atoms with Gasteiger partial charge in [-0.25, -0.2) is 0 Å². The van der Waals surface area contributed by atoms with Crippen LogP contribution in [0.3, 0.4) is 0 Å². The van der Waals surface area contributed by atoms with E-state index < -0.39 is 71.0 Å². The Bertz CT molecular complexity index is 683. The van der Waals surface area contributed by atoms with E-state index >= 15 is 0 Å². The lowest BCUT2D eigenvalue weighted by atomic mass is 9.70. The van der Waals surface area contributed by atoms with Crippen LogP contribution in [0.25, 0.3) is 0 Å². The van der Waals surface area contributed by atoms with Crippen molar-refractivity contribution in [3.63, 3.8) is 0 Å². The zero-order valence-electron chi connectivity index (χ0n) is 13.4. The smallest absolute Gasteiger partial charge is 0.298 e. The maximum absolute atomic E-state index is 13.6. The molecule has 1 rings (SSSR count). The van der Waals surface area contributed by atoms with Crippen LogP contribution in [-0.4, -0.2) is 30.5 Å². The first-order valence-corrected chi connectivity index (χ1v) is 7.09. The molecule has 13 heteroatoms. The van der Waals surface area contributed by atoms with Gasteiger partial charge in [0.1, 0.15) is 0 Å². The van der Waals surface area contributed by atoms with E-state index in [-0.39, 0.29) is 0 Å². The highest BCUT2D eigenvalue weighted by molar-refractivity contribution is 5.95. The number of hydrogen-bond acceptors (Lipinski definition) is 1. The van der Waals surface area contributed by atoms with Gasteiger partial charge in [0.15, 0.2) is 11.2 Å². The topological polar surface area (TPSA) is 17.1 Å². The molecule has 0 radical (unpaired) electrons. The molecule has 0 aromatic carbocycles. The minimum Gasteiger partial charge on any atom is -0.298 e. The lowest BCUT2D eigenvalue weighted by Crippen LogP contribution is -2.53. The molecule has 0 spiro atoms. The molecule has 0 saturated carbocycles. The van der Waals surface area contributed by atoms with Crippen molar-refractivity contribution in [1.29, 1.82) is 0 Å². The summed E-state index contributed by atoms with van der Waals surface area (Å²) in [6.45, 7) is 1.05. The van der Waals surface area contributed by atoms with E-state index in [9.17, 15) is 57.5 Å². The number of carbonyl (C=O) groups excluding carboxylic acids is 1. The van der Waals surface area contributed by atoms with Crippen LogP contribution in [0.5, 0.6) is 0 Å². The molecule has 0 fully saturated rings. The number of rotatable bonds is 3. The van der Waals surface area contributed by atoms with E-state index in [4.69, 9.17) is 0 Å². The van der Waals surface area contributed by atoms with E-state index in [1.54, 1.807) is 0 Å². The van der Waals surface area contributed by atoms with Crippen molar-refractivity contribution in [2.75, 3.05) is 0 Å². The van der Waals surface area contributed by atoms with Gasteiger partial charge in [-0.1, -0.05) is 13.8 Å². The minimum atomic E-state index is -6.62. The molecule has 27 heavy (non-hydrogen) atoms. The summed E-state index contributed by atoms with van der Waals surface area (Å²) in [5, 5.41) is 0. The number of carbonyl (C=O) groups is 1. The van der Waals surface area contributed by atoms with Crippen molar-refractivity contribution >= 4 is 5.78 Å². The molecular weight excluding hydrogens is 412 g/mol. The molecule has 1 unspecified atom stereocenters. The number of Topliss-reactive ketones (excluding diaryl/α,β-unsaturated/α-hetero) is 1. The number of alkyl halides is 12. The molecule has 0 bridgehead atoms. The normalized spacial score (nSPS) is 22.7. The zero-order chi connectivity index (χ0) is 21.8. The highest BCUT2D eigenvalue weighted by Gasteiger charge is 2.78. The summed E-state index contributed by atoms with van der Waals surface area (Å²) in [5.41, 5.74) is -17.7. The molecule has 1 aliphatic carbocycles. The predicted molar refractivity (Wildman–Crippen MR) is 66.3 cm³/mol. The number of halogens is 12. The van der Waals surface area contributed by atoms with Gasteiger partial charge < -0.3 is 0 Å². The Labute approximate surface area is 143 Å². The van der Waals surface area contributed by atoms with Crippen LogP contribution in [0.1, 0.15) is 26.7 Å². The van der Waals surface area contributed by atoms with Crippen molar-refractivity contribution in [1.82, 2.24) is 0 Å². The average Bonchev–Trinajstić information content (AvgIpc) is 2.77. The van der Waals surface area contributed by atoms with Crippen LogP contribution >= 0.6 is 0 Å². The highest BCUT2D eigenvalue weighted by Crippen LogP contribution is 2.67. The van der Waals surface area contributed by atoms with E-state index in [1.165, 1.54) is 0 Å². The molecule has 0 aliphatic heterocycles. The third kappa shape index (κ3) is 3.44. The van der Waals surface area contributed by atoms with Crippen molar-refractivity contribution in [2.24, 2.45) is 5.41 Å². The maximum Gasteiger partial charge on any atom is 0.417 e. The summed E-state index contributed by atoms with van der Waals surface area (Å²) < 4.78 is 161. The summed E-state index contributed by atoms with van der Waals surface area (Å²) in [6, 6.07) is 0. The predicted octanol–water partition coefficient (Wildman–Crippen LogP) is 6.22. The van der Waals surface area contributed by atoms with Crippen LogP contribution in [0.15, 0.2) is 22.3 Å². The van der Waals surface area contributed by atoms with Gasteiger partial charge in [0.2, 0.25) is 0 Å². The first kappa shape index (κ1) is 23.3. The van der Waals surface area contributed by atoms with E-state index in [2.05, 4.69) is 0 Å². The van der Waals surface area contributed by atoms with E-state index in [0.29, 0.717) is 13.8 Å². The summed E-state index contributed by atoms with van der Waals surface area (Å²) in [4.78, 5) is 11.9. The fourth-order valence-corrected chi connectivity index (χ4v) is 3.20. The van der Waals surface area contributed by atoms with Crippen LogP contribution < -0.4 is 0 Å². The Kier molecular flexibility index (Phi) is 5.56. The summed E-state index contributed by atoms with van der Waals surface area (Å²) in [5.74, 6) is -2.68. The summed E-state index contributed by atoms with van der Waals surface area (Å²) in [7, 11) is 0. The van der Waals surface area contributed by atoms with Crippen molar-refractivity contribution < 1.29 is 57.5 Å². The van der Waals surface area contributed by atoms with Crippen molar-refractivity contribution in [3.05, 3.63) is 22.3 Å². The third-order valence-corrected chi connectivity index (χ3v) is 3.97. The van der Waals surface area contributed by atoms with Crippen LogP contribution in [0.2, 0.25) is 0 Å². The Balaban J connectivity index is 4.42. The maximum atomic E-state index is 13.6. The van der Waals surface area contributed by atoms with Crippen molar-refractivity contribution in [3.8, 4) is 0 Å². The quantitative estimate of drug-likeness (QED) is 0.494. The van der Waals surface area contributed by atoms with E-state index in [0.717, 1.165) is 0 Å². The number of hydrogen-bond donors (Lipinski definition) is 0. The second-order valence-corrected chi connectivity index (χ2v) is 5.47. The molecule has 1 atom stereocenters. The first-order chi connectivity index (χ1) is 11.8. The van der Waals surface area contributed by atoms with Gasteiger partial charge in [-0.3, -0.25) is 4.79 Å². The summed E-state index contributed by atoms with van der Waals surface area (Å²) >= 11 is 0. The lowest BCUT2D eigenvalue weighted by Gasteiger charge is -2.37. The molecule has 156 valence electrons. The molecule has 0 aromatic heterocycles. The molecule has 1 aliphatic rings. The van der Waals surface area contributed by atoms with Gasteiger partial charge in [-0.15, -0.1) is 0 Å². The van der Waals surface area contributed by atoms with Gasteiger partial charge in [0.25, 0.3) is 0 Å². The SMILES string of the molecule is CCC(=O)C1(C(F)(F)F)C(C(F)(F)F)=C(CC)C(C(F)(F)F)=C1C(F)(F)F. The monoisotopic (exact) mass is 422 g/mol. The Morgan fingerprint density at radius 2 is 1.15 bits per heavy atom. The van der Waals surface area contributed by atoms with Crippen molar-refractivity contribution in [2.45, 2.75) is 51.4 Å². The second-order valence-electron chi connectivity index (χ2n) is 5.47. The van der Waals surface area contributed by atoms with Gasteiger partial charge in [-0.05, 0) is 12.0 Å². The Hall–Kier alpha value is -1.69. The molecule has 0 amide bonds. The third-order valence-electron chi connectivity index (χ3n) is 3.97. The minimum absolute atomic E-state index is 0.523. The van der Waals surface area contributed by atoms with Gasteiger partial charge >= 0.3 is 24.7 Å². The van der Waals surface area contributed by atoms with Crippen LogP contribution in [-0.2, 0) is 4.79 Å². The molecule has 0 aromatic rings. The van der Waals surface area contributed by atoms with Gasteiger partial charge in [0, 0.05) is 6.42 Å². The second kappa shape index (κ2) is 6.43. The Morgan fingerprint density at radius 3 is 1.37 bits per heavy atom. The highest BCUT2D eigenvalue weighted by atomic mass is 19.4. The average molecular weight is 422 g/mol. The van der Waals surface area contributed by atoms with Crippen LogP contribution in [0.4, 0.5) is 52.7 Å². The fraction of sp³-hybridized carbons (Fsp3) is 0.643. The fourth-order valence-electron chi connectivity index (χ4n) is 3.20. The zero-order valence-corrected chi connectivity index (χ0v) is 13.4. The largest absolute Gasteiger partial charge is 0.417 e. The Morgan fingerprint density at radius 1 is 0.741 bits per heavy atom. The number of ketones is 1. The first-order valence-electron chi connectivity index (χ1n) is 7.09. The van der Waals surface area contributed by atoms with E-state index in [1.807, 2.05) is 0 Å². The lowest BCUT2D eigenvalue weighted by molar-refractivity contribution is -0.230.